The Morgan fingerprint density at radius 1 is 1.14 bits per heavy atom. The molecule has 0 saturated heterocycles. The van der Waals surface area contributed by atoms with E-state index in [-0.39, 0.29) is 5.57 Å². The summed E-state index contributed by atoms with van der Waals surface area (Å²) in [6.45, 7) is 1.83. The predicted molar refractivity (Wildman–Crippen MR) is 89.9 cm³/mol. The average Bonchev–Trinajstić information content (AvgIpc) is 2.49. The van der Waals surface area contributed by atoms with Gasteiger partial charge in [0, 0.05) is 15.7 Å². The molecule has 0 unspecified atom stereocenters. The minimum atomic E-state index is -0.470. The van der Waals surface area contributed by atoms with E-state index in [2.05, 4.69) is 5.32 Å². The second-order valence-corrected chi connectivity index (χ2v) is 5.51. The summed E-state index contributed by atoms with van der Waals surface area (Å²) in [4.78, 5) is 12.2. The van der Waals surface area contributed by atoms with Crippen LogP contribution in [-0.2, 0) is 4.79 Å². The molecule has 0 aliphatic heterocycles. The second kappa shape index (κ2) is 7.13. The summed E-state index contributed by atoms with van der Waals surface area (Å²) in [5.74, 6) is -0.470. The highest BCUT2D eigenvalue weighted by Crippen LogP contribution is 2.20. The Kier molecular flexibility index (Phi) is 5.21. The maximum absolute atomic E-state index is 12.2. The van der Waals surface area contributed by atoms with Gasteiger partial charge in [-0.2, -0.15) is 5.26 Å². The third-order valence-electron chi connectivity index (χ3n) is 2.98. The number of carbonyl (C=O) groups excluding carboxylic acids is 1. The van der Waals surface area contributed by atoms with Gasteiger partial charge in [0.1, 0.15) is 11.6 Å². The SMILES string of the molecule is Cc1cc(Cl)ccc1NC(=O)/C(C#N)=C/c1ccc(Cl)cc1. The van der Waals surface area contributed by atoms with Crippen molar-refractivity contribution in [2.75, 3.05) is 5.32 Å². The van der Waals surface area contributed by atoms with E-state index in [1.54, 1.807) is 42.5 Å². The first-order chi connectivity index (χ1) is 10.5. The van der Waals surface area contributed by atoms with Gasteiger partial charge in [-0.3, -0.25) is 4.79 Å². The van der Waals surface area contributed by atoms with E-state index in [0.29, 0.717) is 15.7 Å². The summed E-state index contributed by atoms with van der Waals surface area (Å²) >= 11 is 11.7. The van der Waals surface area contributed by atoms with Crippen LogP contribution in [0, 0.1) is 18.3 Å². The maximum Gasteiger partial charge on any atom is 0.266 e. The van der Waals surface area contributed by atoms with Crippen LogP contribution >= 0.6 is 23.2 Å². The van der Waals surface area contributed by atoms with Gasteiger partial charge in [0.2, 0.25) is 0 Å². The van der Waals surface area contributed by atoms with Crippen molar-refractivity contribution in [3.05, 3.63) is 69.2 Å². The number of nitrogens with zero attached hydrogens (tertiary/aromatic N) is 1. The number of benzene rings is 2. The van der Waals surface area contributed by atoms with Crippen molar-refractivity contribution in [3.63, 3.8) is 0 Å². The molecule has 2 rings (SSSR count). The Balaban J connectivity index is 2.22. The molecule has 0 spiro atoms. The molecule has 0 aromatic heterocycles. The molecule has 0 aliphatic carbocycles. The third kappa shape index (κ3) is 4.11. The Morgan fingerprint density at radius 2 is 1.77 bits per heavy atom. The van der Waals surface area contributed by atoms with Crippen molar-refractivity contribution in [2.45, 2.75) is 6.92 Å². The number of halogens is 2. The van der Waals surface area contributed by atoms with Crippen molar-refractivity contribution < 1.29 is 4.79 Å². The van der Waals surface area contributed by atoms with Crippen LogP contribution in [0.1, 0.15) is 11.1 Å². The minimum Gasteiger partial charge on any atom is -0.321 e. The zero-order valence-corrected chi connectivity index (χ0v) is 13.2. The number of nitriles is 1. The van der Waals surface area contributed by atoms with Gasteiger partial charge in [-0.15, -0.1) is 0 Å². The molecule has 0 heterocycles. The molecule has 110 valence electrons. The second-order valence-electron chi connectivity index (χ2n) is 4.63. The van der Waals surface area contributed by atoms with E-state index in [4.69, 9.17) is 23.2 Å². The van der Waals surface area contributed by atoms with Crippen LogP contribution < -0.4 is 5.32 Å². The summed E-state index contributed by atoms with van der Waals surface area (Å²) in [7, 11) is 0. The van der Waals surface area contributed by atoms with Gasteiger partial charge >= 0.3 is 0 Å². The summed E-state index contributed by atoms with van der Waals surface area (Å²) in [6.07, 6.45) is 1.51. The van der Waals surface area contributed by atoms with Crippen LogP contribution in [0.5, 0.6) is 0 Å². The molecule has 0 saturated carbocycles. The lowest BCUT2D eigenvalue weighted by molar-refractivity contribution is -0.112. The van der Waals surface area contributed by atoms with Crippen LogP contribution in [0.3, 0.4) is 0 Å². The number of carbonyl (C=O) groups is 1. The standard InChI is InChI=1S/C17H12Cl2N2O/c1-11-8-15(19)6-7-16(11)21-17(22)13(10-20)9-12-2-4-14(18)5-3-12/h2-9H,1H3,(H,21,22)/b13-9+. The number of amides is 1. The minimum absolute atomic E-state index is 0.0108. The van der Waals surface area contributed by atoms with Gasteiger partial charge in [0.25, 0.3) is 5.91 Å². The fourth-order valence-corrected chi connectivity index (χ4v) is 2.18. The van der Waals surface area contributed by atoms with Gasteiger partial charge in [-0.1, -0.05) is 35.3 Å². The number of rotatable bonds is 3. The molecule has 2 aromatic rings. The van der Waals surface area contributed by atoms with E-state index in [1.807, 2.05) is 13.0 Å². The topological polar surface area (TPSA) is 52.9 Å². The van der Waals surface area contributed by atoms with Crippen molar-refractivity contribution in [1.29, 1.82) is 5.26 Å². The van der Waals surface area contributed by atoms with Gasteiger partial charge in [0.15, 0.2) is 0 Å². The fourth-order valence-electron chi connectivity index (χ4n) is 1.83. The quantitative estimate of drug-likeness (QED) is 0.646. The monoisotopic (exact) mass is 330 g/mol. The highest BCUT2D eigenvalue weighted by atomic mass is 35.5. The van der Waals surface area contributed by atoms with Crippen molar-refractivity contribution in [3.8, 4) is 6.07 Å². The zero-order chi connectivity index (χ0) is 16.1. The van der Waals surface area contributed by atoms with Crippen molar-refractivity contribution in [2.24, 2.45) is 0 Å². The Bertz CT molecular complexity index is 774. The van der Waals surface area contributed by atoms with Crippen LogP contribution in [0.2, 0.25) is 10.0 Å². The molecule has 0 radical (unpaired) electrons. The number of nitrogens with one attached hydrogen (secondary N) is 1. The van der Waals surface area contributed by atoms with E-state index >= 15 is 0 Å². The Morgan fingerprint density at radius 3 is 2.36 bits per heavy atom. The normalized spacial score (nSPS) is 10.9. The van der Waals surface area contributed by atoms with Gasteiger partial charge in [0.05, 0.1) is 0 Å². The lowest BCUT2D eigenvalue weighted by Crippen LogP contribution is -2.14. The highest BCUT2D eigenvalue weighted by Gasteiger charge is 2.11. The first-order valence-corrected chi connectivity index (χ1v) is 7.20. The number of aryl methyl sites for hydroxylation is 1. The number of anilines is 1. The van der Waals surface area contributed by atoms with Crippen LogP contribution in [0.4, 0.5) is 5.69 Å². The van der Waals surface area contributed by atoms with Crippen molar-refractivity contribution in [1.82, 2.24) is 0 Å². The molecular formula is C17H12Cl2N2O. The highest BCUT2D eigenvalue weighted by molar-refractivity contribution is 6.31. The predicted octanol–water partition coefficient (Wildman–Crippen LogP) is 4.85. The van der Waals surface area contributed by atoms with E-state index in [1.165, 1.54) is 6.08 Å². The Labute approximate surface area is 138 Å². The molecule has 3 nitrogen and oxygen atoms in total. The van der Waals surface area contributed by atoms with E-state index in [0.717, 1.165) is 11.1 Å². The van der Waals surface area contributed by atoms with Gasteiger partial charge in [-0.05, 0) is 54.5 Å². The van der Waals surface area contributed by atoms with Gasteiger partial charge in [-0.25, -0.2) is 0 Å². The molecular weight excluding hydrogens is 319 g/mol. The summed E-state index contributed by atoms with van der Waals surface area (Å²) in [5.41, 5.74) is 2.18. The van der Waals surface area contributed by atoms with Crippen LogP contribution in [0.25, 0.3) is 6.08 Å². The molecule has 2 aromatic carbocycles. The molecule has 1 N–H and O–H groups in total. The lowest BCUT2D eigenvalue weighted by atomic mass is 10.1. The summed E-state index contributed by atoms with van der Waals surface area (Å²) < 4.78 is 0. The Hall–Kier alpha value is -2.28. The first kappa shape index (κ1) is 16.1. The molecule has 1 amide bonds. The van der Waals surface area contributed by atoms with Crippen LogP contribution in [-0.4, -0.2) is 5.91 Å². The zero-order valence-electron chi connectivity index (χ0n) is 11.7. The summed E-state index contributed by atoms with van der Waals surface area (Å²) in [5, 5.41) is 13.1. The van der Waals surface area contributed by atoms with E-state index in [9.17, 15) is 10.1 Å². The fraction of sp³-hybridized carbons (Fsp3) is 0.0588. The van der Waals surface area contributed by atoms with Gasteiger partial charge < -0.3 is 5.32 Å². The molecule has 22 heavy (non-hydrogen) atoms. The largest absolute Gasteiger partial charge is 0.321 e. The molecule has 0 fully saturated rings. The van der Waals surface area contributed by atoms with Crippen molar-refractivity contribution >= 4 is 40.9 Å². The smallest absolute Gasteiger partial charge is 0.266 e. The molecule has 0 aliphatic rings. The molecule has 5 heteroatoms. The van der Waals surface area contributed by atoms with E-state index < -0.39 is 5.91 Å². The molecule has 0 bridgehead atoms. The number of hydrogen-bond donors (Lipinski definition) is 1. The lowest BCUT2D eigenvalue weighted by Gasteiger charge is -2.08. The third-order valence-corrected chi connectivity index (χ3v) is 3.47. The first-order valence-electron chi connectivity index (χ1n) is 6.44. The number of hydrogen-bond acceptors (Lipinski definition) is 2. The van der Waals surface area contributed by atoms with Crippen LogP contribution in [0.15, 0.2) is 48.0 Å². The maximum atomic E-state index is 12.2. The summed E-state index contributed by atoms with van der Waals surface area (Å²) in [6, 6.07) is 13.9. The molecule has 0 atom stereocenters. The average molecular weight is 331 g/mol.